The van der Waals surface area contributed by atoms with Crippen LogP contribution in [0.2, 0.25) is 0 Å². The lowest BCUT2D eigenvalue weighted by molar-refractivity contribution is 0.416. The molecule has 0 bridgehead atoms. The maximum absolute atomic E-state index is 4.89. The molecule has 0 N–H and O–H groups in total. The number of rotatable bonds is 1. The van der Waals surface area contributed by atoms with Crippen molar-refractivity contribution in [3.8, 4) is 5.75 Å². The van der Waals surface area contributed by atoms with E-state index in [9.17, 15) is 0 Å². The molecule has 2 heteroatoms. The highest BCUT2D eigenvalue weighted by Gasteiger charge is 1.91. The molecule has 43 valence electrons. The Morgan fingerprint density at radius 1 is 1.75 bits per heavy atom. The molecule has 0 spiro atoms. The lowest BCUT2D eigenvalue weighted by Gasteiger charge is -1.86. The Labute approximate surface area is 52.9 Å². The Morgan fingerprint density at radius 2 is 2.50 bits per heavy atom. The summed E-state index contributed by atoms with van der Waals surface area (Å²) in [4.78, 5) is 1.24. The zero-order valence-electron chi connectivity index (χ0n) is 4.89. The summed E-state index contributed by atoms with van der Waals surface area (Å²) in [5.41, 5.74) is 0. The quantitative estimate of drug-likeness (QED) is 0.559. The Kier molecular flexibility index (Phi) is 1.53. The Bertz CT molecular complexity index is 169. The third kappa shape index (κ3) is 1.01. The smallest absolute Gasteiger partial charge is 0.138 e. The Hall–Kier alpha value is -0.500. The highest BCUT2D eigenvalue weighted by atomic mass is 32.1. The molecule has 1 nitrogen and oxygen atoms in total. The first-order valence-electron chi connectivity index (χ1n) is 2.35. The van der Waals surface area contributed by atoms with Crippen molar-refractivity contribution < 1.29 is 4.74 Å². The number of hydrogen-bond donors (Lipinski definition) is 0. The highest BCUT2D eigenvalue weighted by Crippen LogP contribution is 2.17. The first-order valence-corrected chi connectivity index (χ1v) is 3.16. The predicted molar refractivity (Wildman–Crippen MR) is 34.4 cm³/mol. The summed E-state index contributed by atoms with van der Waals surface area (Å²) in [6.07, 6.45) is 0. The minimum atomic E-state index is 0.840. The second-order valence-corrected chi connectivity index (χ2v) is 2.58. The van der Waals surface area contributed by atoms with E-state index in [2.05, 4.69) is 5.38 Å². The van der Waals surface area contributed by atoms with Gasteiger partial charge in [-0.2, -0.15) is 0 Å². The van der Waals surface area contributed by atoms with Crippen LogP contribution in [-0.4, -0.2) is 7.11 Å². The molecule has 1 aromatic rings. The summed E-state index contributed by atoms with van der Waals surface area (Å²) in [7, 11) is 1.65. The van der Waals surface area contributed by atoms with Crippen molar-refractivity contribution in [2.24, 2.45) is 0 Å². The monoisotopic (exact) mass is 127 g/mol. The average molecular weight is 127 g/mol. The van der Waals surface area contributed by atoms with Gasteiger partial charge in [0.15, 0.2) is 0 Å². The molecule has 1 aromatic heterocycles. The fourth-order valence-corrected chi connectivity index (χ4v) is 1.04. The topological polar surface area (TPSA) is 9.23 Å². The molecular formula is C6H7OS. The second-order valence-electron chi connectivity index (χ2n) is 1.53. The van der Waals surface area contributed by atoms with Crippen LogP contribution in [0.15, 0.2) is 6.07 Å². The van der Waals surface area contributed by atoms with Crippen LogP contribution >= 0.6 is 11.3 Å². The normalized spacial score (nSPS) is 9.25. The van der Waals surface area contributed by atoms with E-state index in [1.807, 2.05) is 13.0 Å². The minimum Gasteiger partial charge on any atom is -0.495 e. The van der Waals surface area contributed by atoms with E-state index in [0.29, 0.717) is 0 Å². The average Bonchev–Trinajstić information content (AvgIpc) is 2.14. The van der Waals surface area contributed by atoms with Gasteiger partial charge in [0.25, 0.3) is 0 Å². The van der Waals surface area contributed by atoms with Crippen molar-refractivity contribution in [2.45, 2.75) is 6.92 Å². The summed E-state index contributed by atoms with van der Waals surface area (Å²) < 4.78 is 4.89. The van der Waals surface area contributed by atoms with E-state index in [-0.39, 0.29) is 0 Å². The largest absolute Gasteiger partial charge is 0.495 e. The van der Waals surface area contributed by atoms with Gasteiger partial charge < -0.3 is 4.74 Å². The van der Waals surface area contributed by atoms with Gasteiger partial charge in [-0.05, 0) is 13.0 Å². The van der Waals surface area contributed by atoms with Gasteiger partial charge in [0.2, 0.25) is 0 Å². The molecule has 0 saturated carbocycles. The van der Waals surface area contributed by atoms with Crippen LogP contribution < -0.4 is 4.74 Å². The van der Waals surface area contributed by atoms with Gasteiger partial charge in [0, 0.05) is 4.88 Å². The number of ether oxygens (including phenoxy) is 1. The minimum absolute atomic E-state index is 0.840. The van der Waals surface area contributed by atoms with E-state index in [1.54, 1.807) is 18.4 Å². The van der Waals surface area contributed by atoms with Crippen molar-refractivity contribution in [1.29, 1.82) is 0 Å². The van der Waals surface area contributed by atoms with Gasteiger partial charge >= 0.3 is 0 Å². The molecule has 1 heterocycles. The van der Waals surface area contributed by atoms with Crippen LogP contribution in [0.3, 0.4) is 0 Å². The summed E-state index contributed by atoms with van der Waals surface area (Å²) in [6, 6.07) is 1.96. The Balaban J connectivity index is 2.84. The first-order chi connectivity index (χ1) is 3.83. The van der Waals surface area contributed by atoms with Crippen LogP contribution in [0, 0.1) is 12.3 Å². The zero-order valence-corrected chi connectivity index (χ0v) is 5.71. The van der Waals surface area contributed by atoms with Crippen molar-refractivity contribution >= 4 is 11.3 Å². The predicted octanol–water partition coefficient (Wildman–Crippen LogP) is 1.87. The maximum atomic E-state index is 4.89. The second kappa shape index (κ2) is 2.18. The third-order valence-electron chi connectivity index (χ3n) is 0.867. The number of aryl methyl sites for hydroxylation is 1. The van der Waals surface area contributed by atoms with E-state index >= 15 is 0 Å². The van der Waals surface area contributed by atoms with E-state index in [4.69, 9.17) is 4.74 Å². The van der Waals surface area contributed by atoms with Crippen LogP contribution in [0.25, 0.3) is 0 Å². The van der Waals surface area contributed by atoms with Gasteiger partial charge in [-0.3, -0.25) is 0 Å². The number of thiophene rings is 1. The van der Waals surface area contributed by atoms with Crippen molar-refractivity contribution in [2.75, 3.05) is 7.11 Å². The molecule has 0 fully saturated rings. The molecule has 8 heavy (non-hydrogen) atoms. The summed E-state index contributed by atoms with van der Waals surface area (Å²) in [5.74, 6) is 0.840. The lowest BCUT2D eigenvalue weighted by Crippen LogP contribution is -1.75. The summed E-state index contributed by atoms with van der Waals surface area (Å²) in [5, 5.41) is 2.97. The highest BCUT2D eigenvalue weighted by molar-refractivity contribution is 7.09. The molecule has 0 aromatic carbocycles. The van der Waals surface area contributed by atoms with Crippen LogP contribution in [0.5, 0.6) is 5.75 Å². The number of hydrogen-bond acceptors (Lipinski definition) is 2. The van der Waals surface area contributed by atoms with Gasteiger partial charge in [-0.15, -0.1) is 11.3 Å². The third-order valence-corrected chi connectivity index (χ3v) is 1.61. The van der Waals surface area contributed by atoms with Gasteiger partial charge in [-0.1, -0.05) is 0 Å². The molecule has 0 aliphatic carbocycles. The lowest BCUT2D eigenvalue weighted by atomic mass is 10.5. The standard InChI is InChI=1S/C6H7OS/c1-5-3-6(7-2)4-8-5/h3H,1-2H3. The Morgan fingerprint density at radius 3 is 2.75 bits per heavy atom. The van der Waals surface area contributed by atoms with Crippen LogP contribution in [0.4, 0.5) is 0 Å². The van der Waals surface area contributed by atoms with Crippen LogP contribution in [-0.2, 0) is 0 Å². The molecule has 0 aliphatic heterocycles. The fourth-order valence-electron chi connectivity index (χ4n) is 0.475. The molecule has 0 atom stereocenters. The van der Waals surface area contributed by atoms with Crippen molar-refractivity contribution in [3.05, 3.63) is 16.3 Å². The van der Waals surface area contributed by atoms with E-state index in [1.165, 1.54) is 4.88 Å². The number of methoxy groups -OCH3 is 1. The molecule has 0 amide bonds. The molecule has 1 rings (SSSR count). The van der Waals surface area contributed by atoms with Crippen LogP contribution in [0.1, 0.15) is 4.88 Å². The summed E-state index contributed by atoms with van der Waals surface area (Å²) in [6.45, 7) is 2.03. The van der Waals surface area contributed by atoms with E-state index < -0.39 is 0 Å². The van der Waals surface area contributed by atoms with Gasteiger partial charge in [0.1, 0.15) is 5.75 Å². The molecule has 0 aliphatic rings. The zero-order chi connectivity index (χ0) is 5.98. The van der Waals surface area contributed by atoms with Gasteiger partial charge in [-0.25, -0.2) is 0 Å². The molecule has 0 saturated heterocycles. The molecular weight excluding hydrogens is 120 g/mol. The fraction of sp³-hybridized carbons (Fsp3) is 0.333. The van der Waals surface area contributed by atoms with E-state index in [0.717, 1.165) is 5.75 Å². The SMILES string of the molecule is COc1[c]sc(C)c1. The molecule has 1 radical (unpaired) electrons. The molecule has 0 unspecified atom stereocenters. The maximum Gasteiger partial charge on any atom is 0.138 e. The van der Waals surface area contributed by atoms with Crippen molar-refractivity contribution in [1.82, 2.24) is 0 Å². The first kappa shape index (κ1) is 5.63. The van der Waals surface area contributed by atoms with Crippen molar-refractivity contribution in [3.63, 3.8) is 0 Å². The van der Waals surface area contributed by atoms with Gasteiger partial charge in [0.05, 0.1) is 12.5 Å². The summed E-state index contributed by atoms with van der Waals surface area (Å²) >= 11 is 1.58.